The molecule has 10 nitrogen and oxygen atoms in total. The fourth-order valence-corrected chi connectivity index (χ4v) is 5.55. The number of hydrogen-bond acceptors (Lipinski definition) is 6. The number of hydrogen-bond donors (Lipinski definition) is 2. The number of nitrogens with zero attached hydrogens (tertiary/aromatic N) is 5. The second kappa shape index (κ2) is 15.6. The monoisotopic (exact) mass is 567 g/mol. The number of ether oxygens (including phenoxy) is 1. The zero-order valence-corrected chi connectivity index (χ0v) is 25.8. The number of carbonyl (C=O) groups is 2. The summed E-state index contributed by atoms with van der Waals surface area (Å²) in [5, 5.41) is 6.33. The molecule has 1 atom stereocenters. The highest BCUT2D eigenvalue weighted by molar-refractivity contribution is 6.00. The van der Waals surface area contributed by atoms with E-state index < -0.39 is 0 Å². The summed E-state index contributed by atoms with van der Waals surface area (Å²) in [4.78, 5) is 41.0. The molecule has 0 saturated heterocycles. The average Bonchev–Trinajstić information content (AvgIpc) is 3.49. The van der Waals surface area contributed by atoms with Crippen molar-refractivity contribution in [2.45, 2.75) is 84.7 Å². The van der Waals surface area contributed by atoms with Gasteiger partial charge in [0.2, 0.25) is 11.9 Å². The Hall–Kier alpha value is -3.40. The molecule has 2 amide bonds. The largest absolute Gasteiger partial charge is 0.495 e. The Labute approximate surface area is 245 Å². The number of nitrogens with one attached hydrogen (secondary N) is 2. The molecule has 1 fully saturated rings. The van der Waals surface area contributed by atoms with Crippen LogP contribution in [-0.4, -0.2) is 91.6 Å². The Bertz CT molecular complexity index is 1120. The molecule has 1 aromatic rings. The van der Waals surface area contributed by atoms with Crippen molar-refractivity contribution in [3.63, 3.8) is 0 Å². The number of allylic oxidation sites excluding steroid dienone is 1. The molecule has 41 heavy (non-hydrogen) atoms. The molecule has 0 radical (unpaired) electrons. The molecule has 1 aromatic carbocycles. The Kier molecular flexibility index (Phi) is 12.2. The first-order valence-electron chi connectivity index (χ1n) is 15.0. The second-order valence-corrected chi connectivity index (χ2v) is 10.9. The maximum Gasteiger partial charge on any atom is 0.251 e. The van der Waals surface area contributed by atoms with Gasteiger partial charge in [0.15, 0.2) is 5.82 Å². The number of anilines is 1. The van der Waals surface area contributed by atoms with Gasteiger partial charge in [-0.1, -0.05) is 26.7 Å². The van der Waals surface area contributed by atoms with Crippen molar-refractivity contribution < 1.29 is 14.3 Å². The summed E-state index contributed by atoms with van der Waals surface area (Å²) in [6.07, 6.45) is 6.91. The van der Waals surface area contributed by atoms with Crippen molar-refractivity contribution >= 4 is 30.2 Å². The fraction of sp³-hybridized carbons (Fsp3) is 0.613. The zero-order valence-electron chi connectivity index (χ0n) is 25.8. The molecule has 1 unspecified atom stereocenters. The first-order chi connectivity index (χ1) is 19.7. The van der Waals surface area contributed by atoms with E-state index in [9.17, 15) is 9.59 Å². The molecule has 2 aliphatic rings. The molecule has 1 aliphatic heterocycles. The van der Waals surface area contributed by atoms with Gasteiger partial charge in [-0.25, -0.2) is 4.99 Å². The Morgan fingerprint density at radius 2 is 1.95 bits per heavy atom. The lowest BCUT2D eigenvalue weighted by molar-refractivity contribution is -0.127. The highest BCUT2D eigenvalue weighted by Gasteiger charge is 2.31. The van der Waals surface area contributed by atoms with Gasteiger partial charge >= 0.3 is 0 Å². The standard InChI is InChI=1S/C31H49N7O3/c1-8-37(9-2)19-12-13-22(3)33-30(40)24-16-17-26(27(21-24)41-7)34-31(32-5)35-29-23(4)36(6)28(39)18-20-38(29)25-14-10-11-15-25/h16-17,21-22,25H,5,8-15,18-20H2,1-4,6-7H3,(H,33,40)(H,34,35). The quantitative estimate of drug-likeness (QED) is 0.281. The van der Waals surface area contributed by atoms with Crippen LogP contribution in [0.3, 0.4) is 0 Å². The third-order valence-corrected chi connectivity index (χ3v) is 8.26. The van der Waals surface area contributed by atoms with Crippen LogP contribution in [0.25, 0.3) is 0 Å². The highest BCUT2D eigenvalue weighted by atomic mass is 16.5. The van der Waals surface area contributed by atoms with Crippen molar-refractivity contribution in [1.82, 2.24) is 20.0 Å². The number of rotatable bonds is 12. The van der Waals surface area contributed by atoms with E-state index in [1.807, 2.05) is 13.8 Å². The van der Waals surface area contributed by atoms with Crippen LogP contribution in [0.1, 0.15) is 83.0 Å². The molecule has 3 rings (SSSR count). The minimum absolute atomic E-state index is 0.0643. The third kappa shape index (κ3) is 8.55. The van der Waals surface area contributed by atoms with Crippen LogP contribution in [0.5, 0.6) is 5.75 Å². The van der Waals surface area contributed by atoms with Gasteiger partial charge in [-0.2, -0.15) is 4.99 Å². The maximum atomic E-state index is 13.0. The van der Waals surface area contributed by atoms with Gasteiger partial charge in [0.05, 0.1) is 18.5 Å². The highest BCUT2D eigenvalue weighted by Crippen LogP contribution is 2.31. The topological polar surface area (TPSA) is 102 Å². The molecule has 0 spiro atoms. The van der Waals surface area contributed by atoms with Gasteiger partial charge in [-0.15, -0.1) is 0 Å². The summed E-state index contributed by atoms with van der Waals surface area (Å²) in [6, 6.07) is 5.68. The van der Waals surface area contributed by atoms with Gasteiger partial charge < -0.3 is 30.1 Å². The number of benzene rings is 1. The van der Waals surface area contributed by atoms with E-state index in [1.165, 1.54) is 12.8 Å². The number of carbonyl (C=O) groups excluding carboxylic acids is 2. The van der Waals surface area contributed by atoms with E-state index in [0.29, 0.717) is 42.0 Å². The molecule has 1 aliphatic carbocycles. The third-order valence-electron chi connectivity index (χ3n) is 8.26. The summed E-state index contributed by atoms with van der Waals surface area (Å²) < 4.78 is 5.63. The zero-order chi connectivity index (χ0) is 29.9. The molecular weight excluding hydrogens is 518 g/mol. The normalized spacial score (nSPS) is 17.6. The molecule has 2 N–H and O–H groups in total. The van der Waals surface area contributed by atoms with Crippen molar-refractivity contribution in [2.24, 2.45) is 9.98 Å². The van der Waals surface area contributed by atoms with Gasteiger partial charge in [0.1, 0.15) is 5.75 Å². The van der Waals surface area contributed by atoms with Crippen molar-refractivity contribution in [2.75, 3.05) is 45.7 Å². The molecule has 0 bridgehead atoms. The van der Waals surface area contributed by atoms with Crippen LogP contribution in [-0.2, 0) is 4.79 Å². The van der Waals surface area contributed by atoms with Crippen LogP contribution in [0.15, 0.2) is 39.7 Å². The Balaban J connectivity index is 1.76. The summed E-state index contributed by atoms with van der Waals surface area (Å²) >= 11 is 0. The summed E-state index contributed by atoms with van der Waals surface area (Å²) in [6.45, 7) is 15.8. The minimum atomic E-state index is -0.139. The van der Waals surface area contributed by atoms with Gasteiger partial charge in [-0.05, 0) is 84.1 Å². The SMILES string of the molecule is C=N/C(=N\C1=C(C)N(C)C(=O)CCN1C1CCCC1)Nc1ccc(C(=O)NC(C)CCCN(CC)CC)cc1OC. The first-order valence-corrected chi connectivity index (χ1v) is 15.0. The van der Waals surface area contributed by atoms with Crippen molar-refractivity contribution in [3.8, 4) is 5.75 Å². The van der Waals surface area contributed by atoms with Crippen molar-refractivity contribution in [1.29, 1.82) is 0 Å². The van der Waals surface area contributed by atoms with E-state index >= 15 is 0 Å². The van der Waals surface area contributed by atoms with Crippen LogP contribution < -0.4 is 15.4 Å². The smallest absolute Gasteiger partial charge is 0.251 e. The van der Waals surface area contributed by atoms with E-state index in [0.717, 1.165) is 56.8 Å². The van der Waals surface area contributed by atoms with Crippen LogP contribution in [0.2, 0.25) is 0 Å². The van der Waals surface area contributed by atoms with E-state index in [4.69, 9.17) is 9.73 Å². The molecule has 10 heteroatoms. The van der Waals surface area contributed by atoms with Crippen LogP contribution in [0.4, 0.5) is 5.69 Å². The first kappa shape index (κ1) is 32.1. The summed E-state index contributed by atoms with van der Waals surface area (Å²) in [5.41, 5.74) is 1.92. The lowest BCUT2D eigenvalue weighted by Crippen LogP contribution is -2.34. The maximum absolute atomic E-state index is 13.0. The number of aliphatic imine (C=N–C) groups is 2. The Morgan fingerprint density at radius 1 is 1.24 bits per heavy atom. The Morgan fingerprint density at radius 3 is 2.59 bits per heavy atom. The number of methoxy groups -OCH3 is 1. The molecule has 1 heterocycles. The average molecular weight is 568 g/mol. The molecule has 226 valence electrons. The number of guanidine groups is 1. The predicted molar refractivity (Wildman–Crippen MR) is 167 cm³/mol. The lowest BCUT2D eigenvalue weighted by Gasteiger charge is -2.31. The number of amides is 2. The van der Waals surface area contributed by atoms with Crippen molar-refractivity contribution in [3.05, 3.63) is 35.3 Å². The molecule has 0 aromatic heterocycles. The van der Waals surface area contributed by atoms with Gasteiger partial charge in [0, 0.05) is 37.7 Å². The van der Waals surface area contributed by atoms with Crippen LogP contribution >= 0.6 is 0 Å². The second-order valence-electron chi connectivity index (χ2n) is 10.9. The molecule has 1 saturated carbocycles. The lowest BCUT2D eigenvalue weighted by atomic mass is 10.1. The van der Waals surface area contributed by atoms with Gasteiger partial charge in [-0.3, -0.25) is 9.59 Å². The van der Waals surface area contributed by atoms with Gasteiger partial charge in [0.25, 0.3) is 5.91 Å². The molecular formula is C31H49N7O3. The predicted octanol–water partition coefficient (Wildman–Crippen LogP) is 4.70. The van der Waals surface area contributed by atoms with E-state index in [-0.39, 0.29) is 17.9 Å². The van der Waals surface area contributed by atoms with Crippen LogP contribution in [0, 0.1) is 0 Å². The van der Waals surface area contributed by atoms with E-state index in [1.54, 1.807) is 37.3 Å². The van der Waals surface area contributed by atoms with E-state index in [2.05, 4.69) is 46.0 Å². The fourth-order valence-electron chi connectivity index (χ4n) is 5.55. The minimum Gasteiger partial charge on any atom is -0.495 e. The summed E-state index contributed by atoms with van der Waals surface area (Å²) in [7, 11) is 3.36. The summed E-state index contributed by atoms with van der Waals surface area (Å²) in [5.74, 6) is 1.45.